The Morgan fingerprint density at radius 1 is 1.16 bits per heavy atom. The van der Waals surface area contributed by atoms with Gasteiger partial charge in [0.2, 0.25) is 0 Å². The van der Waals surface area contributed by atoms with Crippen LogP contribution in [0.25, 0.3) is 11.4 Å². The molecule has 2 aliphatic rings. The van der Waals surface area contributed by atoms with Crippen molar-refractivity contribution in [2.45, 2.75) is 46.3 Å². The molecular weight excluding hydrogens is 466 g/mol. The summed E-state index contributed by atoms with van der Waals surface area (Å²) < 4.78 is 5.71. The predicted molar refractivity (Wildman–Crippen MR) is 145 cm³/mol. The normalized spacial score (nSPS) is 17.8. The lowest BCUT2D eigenvalue weighted by atomic mass is 10.0. The molecule has 9 heteroatoms. The Kier molecular flexibility index (Phi) is 7.62. The highest BCUT2D eigenvalue weighted by Crippen LogP contribution is 2.32. The lowest BCUT2D eigenvalue weighted by molar-refractivity contribution is 0.0983. The Balaban J connectivity index is 1.45. The van der Waals surface area contributed by atoms with Crippen LogP contribution in [0.1, 0.15) is 36.4 Å². The molecule has 2 amide bonds. The van der Waals surface area contributed by atoms with Crippen LogP contribution in [0.5, 0.6) is 0 Å². The zero-order valence-corrected chi connectivity index (χ0v) is 21.8. The van der Waals surface area contributed by atoms with Crippen molar-refractivity contribution in [3.05, 3.63) is 65.1 Å². The highest BCUT2D eigenvalue weighted by atomic mass is 16.5. The quantitative estimate of drug-likeness (QED) is 0.531. The molecular formula is C28H35N7O2. The molecule has 4 heterocycles. The number of hydrogen-bond donors (Lipinski definition) is 2. The molecule has 1 saturated heterocycles. The summed E-state index contributed by atoms with van der Waals surface area (Å²) in [6.07, 6.45) is 2.79. The van der Waals surface area contributed by atoms with Gasteiger partial charge in [-0.1, -0.05) is 0 Å². The van der Waals surface area contributed by atoms with E-state index in [0.29, 0.717) is 25.6 Å². The average molecular weight is 502 g/mol. The Labute approximate surface area is 218 Å². The lowest BCUT2D eigenvalue weighted by Crippen LogP contribution is -2.45. The van der Waals surface area contributed by atoms with Crippen molar-refractivity contribution in [2.75, 3.05) is 43.1 Å². The molecule has 0 bridgehead atoms. The van der Waals surface area contributed by atoms with Gasteiger partial charge in [-0.25, -0.2) is 14.8 Å². The van der Waals surface area contributed by atoms with Crippen LogP contribution in [-0.4, -0.2) is 64.8 Å². The lowest BCUT2D eigenvalue weighted by Gasteiger charge is -2.38. The number of urea groups is 1. The van der Waals surface area contributed by atoms with E-state index in [2.05, 4.69) is 44.5 Å². The molecule has 1 aromatic carbocycles. The van der Waals surface area contributed by atoms with Crippen molar-refractivity contribution >= 4 is 17.5 Å². The molecule has 37 heavy (non-hydrogen) atoms. The van der Waals surface area contributed by atoms with Gasteiger partial charge in [0.15, 0.2) is 5.82 Å². The number of rotatable bonds is 6. The van der Waals surface area contributed by atoms with Crippen molar-refractivity contribution in [2.24, 2.45) is 0 Å². The molecule has 1 fully saturated rings. The van der Waals surface area contributed by atoms with Crippen LogP contribution in [-0.2, 0) is 24.2 Å². The molecule has 194 valence electrons. The minimum atomic E-state index is -0.214. The van der Waals surface area contributed by atoms with E-state index in [4.69, 9.17) is 14.7 Å². The van der Waals surface area contributed by atoms with Gasteiger partial charge in [0.25, 0.3) is 0 Å². The second kappa shape index (κ2) is 11.2. The van der Waals surface area contributed by atoms with Gasteiger partial charge in [-0.2, -0.15) is 0 Å². The first-order chi connectivity index (χ1) is 18.0. The highest BCUT2D eigenvalue weighted by molar-refractivity contribution is 5.89. The molecule has 1 unspecified atom stereocenters. The minimum absolute atomic E-state index is 0.214. The van der Waals surface area contributed by atoms with E-state index in [1.54, 1.807) is 0 Å². The van der Waals surface area contributed by atoms with Crippen molar-refractivity contribution in [1.82, 2.24) is 25.2 Å². The number of aryl methyl sites for hydroxylation is 1. The Morgan fingerprint density at radius 3 is 2.76 bits per heavy atom. The number of benzene rings is 1. The first kappa shape index (κ1) is 25.1. The van der Waals surface area contributed by atoms with Gasteiger partial charge < -0.3 is 20.3 Å². The molecule has 2 N–H and O–H groups in total. The molecule has 0 radical (unpaired) electrons. The van der Waals surface area contributed by atoms with Crippen LogP contribution in [0, 0.1) is 6.92 Å². The average Bonchev–Trinajstić information content (AvgIpc) is 2.89. The van der Waals surface area contributed by atoms with Gasteiger partial charge >= 0.3 is 6.03 Å². The number of anilines is 2. The summed E-state index contributed by atoms with van der Waals surface area (Å²) >= 11 is 0. The number of amides is 2. The van der Waals surface area contributed by atoms with Crippen LogP contribution in [0.15, 0.2) is 42.6 Å². The summed E-state index contributed by atoms with van der Waals surface area (Å²) in [6.45, 7) is 11.5. The van der Waals surface area contributed by atoms with Crippen LogP contribution in [0.4, 0.5) is 16.3 Å². The molecule has 3 aromatic rings. The SMILES string of the molecule is CCNC(=O)Nc1ccc(-c2nc3c(c(N4CCOCC4C)n2)CCN(Cc2ccnc(C)c2)C3)cc1. The van der Waals surface area contributed by atoms with E-state index in [-0.39, 0.29) is 12.1 Å². The number of fused-ring (bicyclic) bond motifs is 1. The van der Waals surface area contributed by atoms with Gasteiger partial charge in [0.1, 0.15) is 5.82 Å². The molecule has 0 saturated carbocycles. The van der Waals surface area contributed by atoms with E-state index < -0.39 is 0 Å². The Morgan fingerprint density at radius 2 is 2.00 bits per heavy atom. The summed E-state index contributed by atoms with van der Waals surface area (Å²) in [7, 11) is 0. The third-order valence-corrected chi connectivity index (χ3v) is 6.87. The Bertz CT molecular complexity index is 1250. The molecule has 2 aromatic heterocycles. The monoisotopic (exact) mass is 501 g/mol. The maximum Gasteiger partial charge on any atom is 0.319 e. The summed E-state index contributed by atoms with van der Waals surface area (Å²) in [5, 5.41) is 5.60. The Hall–Kier alpha value is -3.56. The smallest absolute Gasteiger partial charge is 0.319 e. The number of carbonyl (C=O) groups excluding carboxylic acids is 1. The number of nitrogens with one attached hydrogen (secondary N) is 2. The topological polar surface area (TPSA) is 95.5 Å². The van der Waals surface area contributed by atoms with Crippen LogP contribution in [0.3, 0.4) is 0 Å². The number of carbonyl (C=O) groups is 1. The zero-order valence-electron chi connectivity index (χ0n) is 21.8. The number of nitrogens with zero attached hydrogens (tertiary/aromatic N) is 5. The second-order valence-electron chi connectivity index (χ2n) is 9.74. The third-order valence-electron chi connectivity index (χ3n) is 6.87. The fraction of sp³-hybridized carbons (Fsp3) is 0.429. The largest absolute Gasteiger partial charge is 0.377 e. The van der Waals surface area contributed by atoms with E-state index in [9.17, 15) is 4.79 Å². The standard InChI is InChI=1S/C28H35N7O2/c1-4-29-28(36)31-23-7-5-22(6-8-23)26-32-25-17-34(16-21-9-11-30-19(2)15-21)12-10-24(25)27(33-26)35-13-14-37-18-20(35)3/h5-9,11,15,20H,4,10,12-14,16-18H2,1-3H3,(H2,29,31,36). The number of ether oxygens (including phenoxy) is 1. The molecule has 9 nitrogen and oxygen atoms in total. The van der Waals surface area contributed by atoms with E-state index in [1.165, 1.54) is 11.1 Å². The zero-order chi connectivity index (χ0) is 25.8. The fourth-order valence-electron chi connectivity index (χ4n) is 5.01. The number of morpholine rings is 1. The van der Waals surface area contributed by atoms with Crippen molar-refractivity contribution in [3.8, 4) is 11.4 Å². The molecule has 2 aliphatic heterocycles. The summed E-state index contributed by atoms with van der Waals surface area (Å²) in [4.78, 5) is 31.2. The first-order valence-corrected chi connectivity index (χ1v) is 13.0. The predicted octanol–water partition coefficient (Wildman–Crippen LogP) is 3.77. The molecule has 0 spiro atoms. The van der Waals surface area contributed by atoms with Crippen molar-refractivity contribution in [3.63, 3.8) is 0 Å². The van der Waals surface area contributed by atoms with Gasteiger partial charge in [-0.05, 0) is 69.2 Å². The number of pyridine rings is 1. The fourth-order valence-corrected chi connectivity index (χ4v) is 5.01. The maximum atomic E-state index is 11.9. The van der Waals surface area contributed by atoms with Crippen LogP contribution >= 0.6 is 0 Å². The second-order valence-corrected chi connectivity index (χ2v) is 9.74. The molecule has 5 rings (SSSR count). The van der Waals surface area contributed by atoms with Gasteiger partial charge in [0.05, 0.1) is 24.9 Å². The van der Waals surface area contributed by atoms with Gasteiger partial charge in [0, 0.05) is 61.4 Å². The van der Waals surface area contributed by atoms with Crippen molar-refractivity contribution in [1.29, 1.82) is 0 Å². The van der Waals surface area contributed by atoms with Crippen LogP contribution < -0.4 is 15.5 Å². The maximum absolute atomic E-state index is 11.9. The third kappa shape index (κ3) is 5.89. The van der Waals surface area contributed by atoms with Gasteiger partial charge in [-0.15, -0.1) is 0 Å². The van der Waals surface area contributed by atoms with E-state index >= 15 is 0 Å². The summed E-state index contributed by atoms with van der Waals surface area (Å²) in [5.74, 6) is 1.73. The first-order valence-electron chi connectivity index (χ1n) is 13.0. The molecule has 1 atom stereocenters. The van der Waals surface area contributed by atoms with Gasteiger partial charge in [-0.3, -0.25) is 9.88 Å². The summed E-state index contributed by atoms with van der Waals surface area (Å²) in [6, 6.07) is 12.0. The van der Waals surface area contributed by atoms with E-state index in [1.807, 2.05) is 44.3 Å². The number of hydrogen-bond acceptors (Lipinski definition) is 7. The van der Waals surface area contributed by atoms with E-state index in [0.717, 1.165) is 61.1 Å². The highest BCUT2D eigenvalue weighted by Gasteiger charge is 2.29. The summed E-state index contributed by atoms with van der Waals surface area (Å²) in [5.41, 5.74) is 6.28. The van der Waals surface area contributed by atoms with Crippen LogP contribution in [0.2, 0.25) is 0 Å². The van der Waals surface area contributed by atoms with Crippen molar-refractivity contribution < 1.29 is 9.53 Å². The number of aromatic nitrogens is 3. The minimum Gasteiger partial charge on any atom is -0.377 e. The molecule has 0 aliphatic carbocycles.